The fraction of sp³-hybridized carbons (Fsp3) is 0.0625. The topological polar surface area (TPSA) is 44.9 Å². The van der Waals surface area contributed by atoms with Crippen molar-refractivity contribution < 1.29 is 4.79 Å². The second kappa shape index (κ2) is 5.80. The molecule has 0 unspecified atom stereocenters. The highest BCUT2D eigenvalue weighted by molar-refractivity contribution is 6.35. The third kappa shape index (κ3) is 3.38. The molecule has 1 heterocycles. The van der Waals surface area contributed by atoms with E-state index in [2.05, 4.69) is 10.3 Å². The van der Waals surface area contributed by atoms with E-state index < -0.39 is 0 Å². The Balaban J connectivity index is 1.73. The van der Waals surface area contributed by atoms with Crippen LogP contribution in [0.1, 0.15) is 5.56 Å². The molecule has 21 heavy (non-hydrogen) atoms. The average Bonchev–Trinajstić information content (AvgIpc) is 2.84. The van der Waals surface area contributed by atoms with Gasteiger partial charge in [0.2, 0.25) is 5.91 Å². The minimum Gasteiger partial charge on any atom is -0.361 e. The van der Waals surface area contributed by atoms with Crippen LogP contribution in [-0.2, 0) is 11.2 Å². The van der Waals surface area contributed by atoms with Crippen LogP contribution in [0.2, 0.25) is 10.0 Å². The zero-order chi connectivity index (χ0) is 14.8. The first-order chi connectivity index (χ1) is 10.1. The summed E-state index contributed by atoms with van der Waals surface area (Å²) in [5, 5.41) is 4.87. The smallest absolute Gasteiger partial charge is 0.228 e. The Labute approximate surface area is 131 Å². The first-order valence-electron chi connectivity index (χ1n) is 6.42. The van der Waals surface area contributed by atoms with Gasteiger partial charge in [-0.05, 0) is 47.3 Å². The third-order valence-corrected chi connectivity index (χ3v) is 3.57. The number of rotatable bonds is 3. The Morgan fingerprint density at radius 2 is 1.81 bits per heavy atom. The Morgan fingerprint density at radius 1 is 1.05 bits per heavy atom. The summed E-state index contributed by atoms with van der Waals surface area (Å²) in [6.45, 7) is 0. The number of amides is 1. The molecule has 3 nitrogen and oxygen atoms in total. The van der Waals surface area contributed by atoms with Gasteiger partial charge >= 0.3 is 0 Å². The van der Waals surface area contributed by atoms with E-state index in [9.17, 15) is 4.79 Å². The first-order valence-corrected chi connectivity index (χ1v) is 7.18. The number of halogens is 2. The fourth-order valence-corrected chi connectivity index (χ4v) is 2.76. The van der Waals surface area contributed by atoms with E-state index in [-0.39, 0.29) is 5.91 Å². The summed E-state index contributed by atoms with van der Waals surface area (Å²) < 4.78 is 0. The highest BCUT2D eigenvalue weighted by Gasteiger charge is 2.06. The van der Waals surface area contributed by atoms with Crippen LogP contribution in [0.4, 0.5) is 5.69 Å². The standard InChI is InChI=1S/C16H12Cl2N2O/c17-12-7-13(18)9-14(8-12)20-16(21)6-10-1-2-15-11(5-10)3-4-19-15/h1-5,7-9,19H,6H2,(H,20,21). The van der Waals surface area contributed by atoms with Gasteiger partial charge in [-0.25, -0.2) is 0 Å². The first kappa shape index (κ1) is 14.0. The van der Waals surface area contributed by atoms with Gasteiger partial charge in [0, 0.05) is 27.4 Å². The van der Waals surface area contributed by atoms with E-state index in [1.807, 2.05) is 30.5 Å². The monoisotopic (exact) mass is 318 g/mol. The maximum absolute atomic E-state index is 12.1. The molecule has 5 heteroatoms. The van der Waals surface area contributed by atoms with Crippen molar-refractivity contribution >= 4 is 45.7 Å². The largest absolute Gasteiger partial charge is 0.361 e. The molecule has 0 aliphatic carbocycles. The predicted octanol–water partition coefficient (Wildman–Crippen LogP) is 4.66. The van der Waals surface area contributed by atoms with Crippen molar-refractivity contribution in [2.45, 2.75) is 6.42 Å². The molecule has 3 rings (SSSR count). The van der Waals surface area contributed by atoms with Gasteiger partial charge in [-0.3, -0.25) is 4.79 Å². The van der Waals surface area contributed by atoms with Gasteiger partial charge in [-0.1, -0.05) is 29.3 Å². The molecule has 2 N–H and O–H groups in total. The number of fused-ring (bicyclic) bond motifs is 1. The molecular formula is C16H12Cl2N2O. The molecule has 0 bridgehead atoms. The molecule has 0 fully saturated rings. The lowest BCUT2D eigenvalue weighted by molar-refractivity contribution is -0.115. The minimum absolute atomic E-state index is 0.108. The molecular weight excluding hydrogens is 307 g/mol. The van der Waals surface area contributed by atoms with Crippen LogP contribution in [0.15, 0.2) is 48.7 Å². The van der Waals surface area contributed by atoms with Gasteiger partial charge in [-0.2, -0.15) is 0 Å². The summed E-state index contributed by atoms with van der Waals surface area (Å²) in [6.07, 6.45) is 2.17. The van der Waals surface area contributed by atoms with E-state index in [1.54, 1.807) is 18.2 Å². The van der Waals surface area contributed by atoms with Crippen LogP contribution >= 0.6 is 23.2 Å². The van der Waals surface area contributed by atoms with E-state index in [0.717, 1.165) is 16.5 Å². The molecule has 0 atom stereocenters. The second-order valence-electron chi connectivity index (χ2n) is 4.78. The second-order valence-corrected chi connectivity index (χ2v) is 5.66. The molecule has 3 aromatic rings. The molecule has 1 aromatic heterocycles. The predicted molar refractivity (Wildman–Crippen MR) is 87.1 cm³/mol. The summed E-state index contributed by atoms with van der Waals surface area (Å²) >= 11 is 11.8. The van der Waals surface area contributed by atoms with Gasteiger partial charge in [-0.15, -0.1) is 0 Å². The normalized spacial score (nSPS) is 10.8. The van der Waals surface area contributed by atoms with Crippen molar-refractivity contribution in [2.24, 2.45) is 0 Å². The number of nitrogens with one attached hydrogen (secondary N) is 2. The zero-order valence-corrected chi connectivity index (χ0v) is 12.5. The van der Waals surface area contributed by atoms with Crippen LogP contribution < -0.4 is 5.32 Å². The van der Waals surface area contributed by atoms with Crippen LogP contribution in [-0.4, -0.2) is 10.9 Å². The highest BCUT2D eigenvalue weighted by Crippen LogP contribution is 2.22. The Kier molecular flexibility index (Phi) is 3.86. The van der Waals surface area contributed by atoms with Crippen LogP contribution in [0.3, 0.4) is 0 Å². The van der Waals surface area contributed by atoms with Crippen LogP contribution in [0, 0.1) is 0 Å². The third-order valence-electron chi connectivity index (χ3n) is 3.13. The Bertz CT molecular complexity index is 791. The summed E-state index contributed by atoms with van der Waals surface area (Å²) in [5.74, 6) is -0.108. The average molecular weight is 319 g/mol. The number of aromatic nitrogens is 1. The van der Waals surface area contributed by atoms with E-state index >= 15 is 0 Å². The SMILES string of the molecule is O=C(Cc1ccc2[nH]ccc2c1)Nc1cc(Cl)cc(Cl)c1. The fourth-order valence-electron chi connectivity index (χ4n) is 2.23. The maximum atomic E-state index is 12.1. The van der Waals surface area contributed by atoms with E-state index in [0.29, 0.717) is 22.2 Å². The van der Waals surface area contributed by atoms with Crippen molar-refractivity contribution in [3.05, 3.63) is 64.3 Å². The van der Waals surface area contributed by atoms with Crippen molar-refractivity contribution in [1.29, 1.82) is 0 Å². The summed E-state index contributed by atoms with van der Waals surface area (Å²) in [5.41, 5.74) is 2.61. The van der Waals surface area contributed by atoms with Gasteiger partial charge in [0.25, 0.3) is 0 Å². The van der Waals surface area contributed by atoms with Gasteiger partial charge in [0.15, 0.2) is 0 Å². The molecule has 0 spiro atoms. The number of H-pyrrole nitrogens is 1. The molecule has 0 saturated carbocycles. The number of carbonyl (C=O) groups excluding carboxylic acids is 1. The van der Waals surface area contributed by atoms with Crippen molar-refractivity contribution in [3.63, 3.8) is 0 Å². The maximum Gasteiger partial charge on any atom is 0.228 e. The summed E-state index contributed by atoms with van der Waals surface area (Å²) in [4.78, 5) is 15.2. The summed E-state index contributed by atoms with van der Waals surface area (Å²) in [6, 6.07) is 12.8. The molecule has 0 aliphatic heterocycles. The van der Waals surface area contributed by atoms with Crippen LogP contribution in [0.25, 0.3) is 10.9 Å². The quantitative estimate of drug-likeness (QED) is 0.725. The molecule has 106 valence electrons. The number of hydrogen-bond acceptors (Lipinski definition) is 1. The number of carbonyl (C=O) groups is 1. The number of aromatic amines is 1. The lowest BCUT2D eigenvalue weighted by Gasteiger charge is -2.07. The van der Waals surface area contributed by atoms with Crippen molar-refractivity contribution in [3.8, 4) is 0 Å². The molecule has 0 saturated heterocycles. The van der Waals surface area contributed by atoms with Gasteiger partial charge in [0.1, 0.15) is 0 Å². The van der Waals surface area contributed by atoms with Crippen molar-refractivity contribution in [2.75, 3.05) is 5.32 Å². The Morgan fingerprint density at radius 3 is 2.57 bits per heavy atom. The number of hydrogen-bond donors (Lipinski definition) is 2. The Hall–Kier alpha value is -1.97. The molecule has 2 aromatic carbocycles. The summed E-state index contributed by atoms with van der Waals surface area (Å²) in [7, 11) is 0. The molecule has 0 radical (unpaired) electrons. The number of anilines is 1. The molecule has 1 amide bonds. The highest BCUT2D eigenvalue weighted by atomic mass is 35.5. The lowest BCUT2D eigenvalue weighted by Crippen LogP contribution is -2.14. The zero-order valence-electron chi connectivity index (χ0n) is 11.0. The lowest BCUT2D eigenvalue weighted by atomic mass is 10.1. The molecule has 0 aliphatic rings. The van der Waals surface area contributed by atoms with Crippen molar-refractivity contribution in [1.82, 2.24) is 4.98 Å². The van der Waals surface area contributed by atoms with Crippen LogP contribution in [0.5, 0.6) is 0 Å². The van der Waals surface area contributed by atoms with Gasteiger partial charge in [0.05, 0.1) is 6.42 Å². The minimum atomic E-state index is -0.108. The van der Waals surface area contributed by atoms with E-state index in [1.165, 1.54) is 0 Å². The van der Waals surface area contributed by atoms with Gasteiger partial charge < -0.3 is 10.3 Å². The van der Waals surface area contributed by atoms with E-state index in [4.69, 9.17) is 23.2 Å². The number of benzene rings is 2.